The van der Waals surface area contributed by atoms with Crippen LogP contribution in [0.25, 0.3) is 11.4 Å². The average Bonchev–Trinajstić information content (AvgIpc) is 3.22. The van der Waals surface area contributed by atoms with E-state index in [2.05, 4.69) is 24.6 Å². The Bertz CT molecular complexity index is 683. The lowest BCUT2D eigenvalue weighted by Gasteiger charge is -2.29. The molecule has 0 N–H and O–H groups in total. The van der Waals surface area contributed by atoms with Gasteiger partial charge in [-0.25, -0.2) is 0 Å². The van der Waals surface area contributed by atoms with Gasteiger partial charge in [0.1, 0.15) is 0 Å². The molecule has 23 heavy (non-hydrogen) atoms. The molecule has 1 fully saturated rings. The summed E-state index contributed by atoms with van der Waals surface area (Å²) in [4.78, 5) is 5.03. The zero-order chi connectivity index (χ0) is 15.6. The van der Waals surface area contributed by atoms with E-state index in [9.17, 15) is 0 Å². The van der Waals surface area contributed by atoms with Crippen molar-refractivity contribution in [2.24, 2.45) is 0 Å². The topological polar surface area (TPSA) is 37.2 Å². The standard InChI is InChI=1S/C16H20ClN5S/c17-14-5-3-4-13(10-14)15-18-19-16-22(15)11-21(12-23-16)9-8-20-6-1-2-7-20/h3-5,10H,1-2,6-9,11-12H2. The highest BCUT2D eigenvalue weighted by Gasteiger charge is 2.23. The van der Waals surface area contributed by atoms with Gasteiger partial charge < -0.3 is 4.90 Å². The summed E-state index contributed by atoms with van der Waals surface area (Å²) in [7, 11) is 0. The van der Waals surface area contributed by atoms with E-state index in [4.69, 9.17) is 11.6 Å². The lowest BCUT2D eigenvalue weighted by atomic mass is 10.2. The Morgan fingerprint density at radius 2 is 1.91 bits per heavy atom. The highest BCUT2D eigenvalue weighted by atomic mass is 35.5. The van der Waals surface area contributed by atoms with Crippen LogP contribution in [0.2, 0.25) is 5.02 Å². The Kier molecular flexibility index (Phi) is 4.57. The van der Waals surface area contributed by atoms with Crippen LogP contribution >= 0.6 is 23.4 Å². The number of likely N-dealkylation sites (tertiary alicyclic amines) is 1. The molecule has 0 unspecified atom stereocenters. The second kappa shape index (κ2) is 6.81. The van der Waals surface area contributed by atoms with Crippen molar-refractivity contribution in [3.8, 4) is 11.4 Å². The van der Waals surface area contributed by atoms with Crippen molar-refractivity contribution < 1.29 is 0 Å². The summed E-state index contributed by atoms with van der Waals surface area (Å²) in [5.74, 6) is 1.89. The first-order chi connectivity index (χ1) is 11.3. The molecule has 2 aliphatic heterocycles. The molecule has 5 nitrogen and oxygen atoms in total. The molecule has 7 heteroatoms. The van der Waals surface area contributed by atoms with Crippen molar-refractivity contribution in [1.29, 1.82) is 0 Å². The maximum absolute atomic E-state index is 6.12. The zero-order valence-electron chi connectivity index (χ0n) is 13.0. The van der Waals surface area contributed by atoms with E-state index in [1.165, 1.54) is 25.9 Å². The Labute approximate surface area is 145 Å². The average molecular weight is 350 g/mol. The fourth-order valence-corrected chi connectivity index (χ4v) is 4.28. The molecule has 3 heterocycles. The minimum absolute atomic E-state index is 0.731. The summed E-state index contributed by atoms with van der Waals surface area (Å²) >= 11 is 7.88. The third-order valence-corrected chi connectivity index (χ3v) is 5.74. The fourth-order valence-electron chi connectivity index (χ4n) is 3.18. The van der Waals surface area contributed by atoms with Crippen LogP contribution in [-0.4, -0.2) is 56.6 Å². The molecule has 0 bridgehead atoms. The van der Waals surface area contributed by atoms with E-state index in [1.54, 1.807) is 11.8 Å². The minimum Gasteiger partial charge on any atom is -0.302 e. The van der Waals surface area contributed by atoms with Gasteiger partial charge in [-0.1, -0.05) is 35.5 Å². The molecule has 4 rings (SSSR count). The van der Waals surface area contributed by atoms with E-state index in [-0.39, 0.29) is 0 Å². The van der Waals surface area contributed by atoms with Gasteiger partial charge in [0, 0.05) is 23.7 Å². The van der Waals surface area contributed by atoms with Crippen molar-refractivity contribution in [2.75, 3.05) is 32.1 Å². The molecule has 122 valence electrons. The van der Waals surface area contributed by atoms with E-state index >= 15 is 0 Å². The number of hydrogen-bond acceptors (Lipinski definition) is 5. The van der Waals surface area contributed by atoms with Crippen LogP contribution in [-0.2, 0) is 6.67 Å². The van der Waals surface area contributed by atoms with Crippen LogP contribution in [0.15, 0.2) is 29.4 Å². The molecule has 0 atom stereocenters. The summed E-state index contributed by atoms with van der Waals surface area (Å²) in [6.45, 7) is 5.62. The molecule has 0 radical (unpaired) electrons. The van der Waals surface area contributed by atoms with Gasteiger partial charge in [0.15, 0.2) is 11.0 Å². The molecule has 0 aliphatic carbocycles. The number of hydrogen-bond donors (Lipinski definition) is 0. The summed E-state index contributed by atoms with van der Waals surface area (Å²) in [6.07, 6.45) is 2.70. The number of rotatable bonds is 4. The maximum Gasteiger partial charge on any atom is 0.193 e. The van der Waals surface area contributed by atoms with Crippen LogP contribution in [0.1, 0.15) is 12.8 Å². The second-order valence-corrected chi connectivity index (χ2v) is 7.45. The minimum atomic E-state index is 0.731. The van der Waals surface area contributed by atoms with Crippen LogP contribution < -0.4 is 0 Å². The van der Waals surface area contributed by atoms with Gasteiger partial charge in [0.05, 0.1) is 12.5 Å². The molecule has 1 aromatic heterocycles. The summed E-state index contributed by atoms with van der Waals surface area (Å²) < 4.78 is 2.20. The van der Waals surface area contributed by atoms with Crippen molar-refractivity contribution in [3.63, 3.8) is 0 Å². The van der Waals surface area contributed by atoms with Crippen LogP contribution in [0.4, 0.5) is 0 Å². The molecule has 2 aromatic rings. The van der Waals surface area contributed by atoms with Crippen molar-refractivity contribution in [2.45, 2.75) is 24.7 Å². The fraction of sp³-hybridized carbons (Fsp3) is 0.500. The zero-order valence-corrected chi connectivity index (χ0v) is 14.6. The summed E-state index contributed by atoms with van der Waals surface area (Å²) in [6, 6.07) is 7.83. The third-order valence-electron chi connectivity index (χ3n) is 4.45. The van der Waals surface area contributed by atoms with Gasteiger partial charge in [-0.2, -0.15) is 0 Å². The van der Waals surface area contributed by atoms with E-state index < -0.39 is 0 Å². The molecule has 2 aliphatic rings. The van der Waals surface area contributed by atoms with E-state index in [0.29, 0.717) is 0 Å². The van der Waals surface area contributed by atoms with Gasteiger partial charge in [-0.05, 0) is 38.1 Å². The van der Waals surface area contributed by atoms with Crippen molar-refractivity contribution >= 4 is 23.4 Å². The van der Waals surface area contributed by atoms with Gasteiger partial charge in [-0.3, -0.25) is 9.47 Å². The van der Waals surface area contributed by atoms with Gasteiger partial charge in [0.25, 0.3) is 0 Å². The quantitative estimate of drug-likeness (QED) is 0.848. The summed E-state index contributed by atoms with van der Waals surface area (Å²) in [5, 5.41) is 10.4. The molecule has 0 spiro atoms. The van der Waals surface area contributed by atoms with Crippen LogP contribution in [0.5, 0.6) is 0 Å². The summed E-state index contributed by atoms with van der Waals surface area (Å²) in [5.41, 5.74) is 1.03. The third kappa shape index (κ3) is 3.40. The van der Waals surface area contributed by atoms with Gasteiger partial charge in [0.2, 0.25) is 0 Å². The van der Waals surface area contributed by atoms with Crippen molar-refractivity contribution in [1.82, 2.24) is 24.6 Å². The van der Waals surface area contributed by atoms with Crippen LogP contribution in [0.3, 0.4) is 0 Å². The first-order valence-corrected chi connectivity index (χ1v) is 9.42. The smallest absolute Gasteiger partial charge is 0.193 e. The largest absolute Gasteiger partial charge is 0.302 e. The first-order valence-electron chi connectivity index (χ1n) is 8.06. The lowest BCUT2D eigenvalue weighted by Crippen LogP contribution is -2.37. The predicted octanol–water partition coefficient (Wildman–Crippen LogP) is 3.02. The Morgan fingerprint density at radius 1 is 1.09 bits per heavy atom. The van der Waals surface area contributed by atoms with E-state index in [1.807, 2.05) is 24.3 Å². The lowest BCUT2D eigenvalue weighted by molar-refractivity contribution is 0.203. The van der Waals surface area contributed by atoms with E-state index in [0.717, 1.165) is 47.2 Å². The Morgan fingerprint density at radius 3 is 2.74 bits per heavy atom. The molecular formula is C16H20ClN5S. The molecule has 1 saturated heterocycles. The van der Waals surface area contributed by atoms with Crippen molar-refractivity contribution in [3.05, 3.63) is 29.3 Å². The van der Waals surface area contributed by atoms with Gasteiger partial charge >= 0.3 is 0 Å². The molecule has 1 aromatic carbocycles. The monoisotopic (exact) mass is 349 g/mol. The van der Waals surface area contributed by atoms with Crippen LogP contribution in [0, 0.1) is 0 Å². The number of aromatic nitrogens is 3. The molecular weight excluding hydrogens is 330 g/mol. The molecule has 0 saturated carbocycles. The normalized spacial score (nSPS) is 19.2. The predicted molar refractivity (Wildman–Crippen MR) is 93.6 cm³/mol. The SMILES string of the molecule is Clc1cccc(-c2nnc3n2CN(CCN2CCCC2)CS3)c1. The molecule has 0 amide bonds. The Hall–Kier alpha value is -1.08. The maximum atomic E-state index is 6.12. The highest BCUT2D eigenvalue weighted by Crippen LogP contribution is 2.29. The van der Waals surface area contributed by atoms with Gasteiger partial charge in [-0.15, -0.1) is 10.2 Å². The Balaban J connectivity index is 1.48. The first kappa shape index (κ1) is 15.4. The number of halogens is 1. The number of fused-ring (bicyclic) bond motifs is 1. The second-order valence-electron chi connectivity index (χ2n) is 6.10. The number of nitrogens with zero attached hydrogens (tertiary/aromatic N) is 5. The number of benzene rings is 1. The highest BCUT2D eigenvalue weighted by molar-refractivity contribution is 7.99. The number of thioether (sulfide) groups is 1.